The average molecular weight is 519 g/mol. The third kappa shape index (κ3) is 9.48. The summed E-state index contributed by atoms with van der Waals surface area (Å²) in [5.74, 6) is 4.90. The van der Waals surface area contributed by atoms with Gasteiger partial charge in [0.25, 0.3) is 0 Å². The van der Waals surface area contributed by atoms with Crippen molar-refractivity contribution in [2.75, 3.05) is 19.8 Å². The van der Waals surface area contributed by atoms with Crippen LogP contribution in [-0.2, 0) is 19.6 Å². The first kappa shape index (κ1) is 28.5. The number of carbonyl (C=O) groups is 2. The largest absolute Gasteiger partial charge is 0.492 e. The van der Waals surface area contributed by atoms with Gasteiger partial charge in [-0.3, -0.25) is 4.79 Å². The minimum atomic E-state index is -4.14. The maximum Gasteiger partial charge on any atom is 0.407 e. The van der Waals surface area contributed by atoms with E-state index in [1.165, 1.54) is 48.5 Å². The number of nitrogens with one attached hydrogen (secondary N) is 2. The first-order chi connectivity index (χ1) is 16.9. The Bertz CT molecular complexity index is 1190. The van der Waals surface area contributed by atoms with Crippen molar-refractivity contribution < 1.29 is 37.3 Å². The maximum absolute atomic E-state index is 12.8. The van der Waals surface area contributed by atoms with Gasteiger partial charge in [0.05, 0.1) is 11.4 Å². The van der Waals surface area contributed by atoms with Crippen LogP contribution in [0.15, 0.2) is 53.4 Å². The Morgan fingerprint density at radius 2 is 1.58 bits per heavy atom. The fourth-order valence-electron chi connectivity index (χ4n) is 2.78. The summed E-state index contributed by atoms with van der Waals surface area (Å²) in [6.45, 7) is 7.46. The Morgan fingerprint density at radius 1 is 1.00 bits per heavy atom. The van der Waals surface area contributed by atoms with Gasteiger partial charge in [0.15, 0.2) is 0 Å². The number of hydrogen-bond donors (Lipinski definition) is 3. The normalized spacial score (nSPS) is 12.0. The molecule has 0 heterocycles. The molecule has 1 amide bonds. The molecule has 0 spiro atoms. The van der Waals surface area contributed by atoms with Crippen molar-refractivity contribution in [2.45, 2.75) is 44.2 Å². The second-order valence-electron chi connectivity index (χ2n) is 8.43. The van der Waals surface area contributed by atoms with Gasteiger partial charge in [-0.25, -0.2) is 13.2 Å². The number of amides is 1. The highest BCUT2D eigenvalue weighted by Crippen LogP contribution is 2.22. The second-order valence-corrected chi connectivity index (χ2v) is 10.1. The fourth-order valence-corrected chi connectivity index (χ4v) is 3.96. The van der Waals surface area contributed by atoms with Gasteiger partial charge in [-0.1, -0.05) is 18.1 Å². The van der Waals surface area contributed by atoms with Crippen molar-refractivity contribution >= 4 is 22.1 Å². The molecule has 0 saturated heterocycles. The smallest absolute Gasteiger partial charge is 0.407 e. The van der Waals surface area contributed by atoms with Crippen molar-refractivity contribution in [2.24, 2.45) is 0 Å². The van der Waals surface area contributed by atoms with Crippen LogP contribution >= 0.6 is 0 Å². The Balaban J connectivity index is 1.98. The molecule has 1 atom stereocenters. The molecule has 0 saturated carbocycles. The molecule has 0 bridgehead atoms. The molecule has 0 unspecified atom stereocenters. The van der Waals surface area contributed by atoms with E-state index in [0.717, 1.165) is 0 Å². The molecule has 0 aromatic heterocycles. The van der Waals surface area contributed by atoms with Crippen LogP contribution in [0.5, 0.6) is 11.5 Å². The van der Waals surface area contributed by atoms with Crippen molar-refractivity contribution in [3.05, 3.63) is 54.1 Å². The molecule has 0 aliphatic carbocycles. The van der Waals surface area contributed by atoms with Crippen LogP contribution in [0.4, 0.5) is 4.79 Å². The molecule has 2 aromatic carbocycles. The third-order valence-electron chi connectivity index (χ3n) is 4.39. The second kappa shape index (κ2) is 12.8. The number of aliphatic carboxylic acids is 1. The SMILES string of the molecule is CC#CCOc1ccc(S(=O)(=O)N[C@@H](C(=O)O)c2ccc(OCCNC(=O)OC(C)(C)C)cc2)cc1. The van der Waals surface area contributed by atoms with Crippen LogP contribution in [0.1, 0.15) is 39.3 Å². The summed E-state index contributed by atoms with van der Waals surface area (Å²) in [4.78, 5) is 23.3. The monoisotopic (exact) mass is 518 g/mol. The predicted molar refractivity (Wildman–Crippen MR) is 132 cm³/mol. The lowest BCUT2D eigenvalue weighted by atomic mass is 10.1. The molecule has 0 fully saturated rings. The lowest BCUT2D eigenvalue weighted by molar-refractivity contribution is -0.139. The van der Waals surface area contributed by atoms with Crippen LogP contribution in [0, 0.1) is 11.8 Å². The summed E-state index contributed by atoms with van der Waals surface area (Å²) in [5.41, 5.74) is -0.395. The van der Waals surface area contributed by atoms with Crippen LogP contribution in [0.3, 0.4) is 0 Å². The Labute approximate surface area is 211 Å². The van der Waals surface area contributed by atoms with Crippen molar-refractivity contribution in [1.82, 2.24) is 10.0 Å². The number of sulfonamides is 1. The lowest BCUT2D eigenvalue weighted by Gasteiger charge is -2.19. The minimum Gasteiger partial charge on any atom is -0.492 e. The highest BCUT2D eigenvalue weighted by atomic mass is 32.2. The number of rotatable bonds is 11. The van der Waals surface area contributed by atoms with Gasteiger partial charge >= 0.3 is 12.1 Å². The first-order valence-electron chi connectivity index (χ1n) is 11.0. The molecule has 194 valence electrons. The number of ether oxygens (including phenoxy) is 3. The summed E-state index contributed by atoms with van der Waals surface area (Å²) in [6, 6.07) is 9.96. The van der Waals surface area contributed by atoms with Gasteiger partial charge in [-0.05, 0) is 69.7 Å². The predicted octanol–water partition coefficient (Wildman–Crippen LogP) is 3.10. The maximum atomic E-state index is 12.8. The van der Waals surface area contributed by atoms with E-state index in [2.05, 4.69) is 21.9 Å². The molecule has 3 N–H and O–H groups in total. The molecule has 11 heteroatoms. The topological polar surface area (TPSA) is 140 Å². The minimum absolute atomic E-state index is 0.111. The summed E-state index contributed by atoms with van der Waals surface area (Å²) in [5, 5.41) is 12.2. The van der Waals surface area contributed by atoms with Gasteiger partial charge in [-0.2, -0.15) is 4.72 Å². The molecule has 2 aromatic rings. The van der Waals surface area contributed by atoms with Crippen LogP contribution in [0.25, 0.3) is 0 Å². The number of carbonyl (C=O) groups excluding carboxylic acids is 1. The van der Waals surface area contributed by atoms with Crippen LogP contribution in [0.2, 0.25) is 0 Å². The van der Waals surface area contributed by atoms with Gasteiger partial charge in [-0.15, -0.1) is 5.92 Å². The number of carboxylic acid groups (broad SMARTS) is 1. The van der Waals surface area contributed by atoms with E-state index < -0.39 is 33.7 Å². The third-order valence-corrected chi connectivity index (χ3v) is 5.83. The highest BCUT2D eigenvalue weighted by molar-refractivity contribution is 7.89. The Kier molecular flexibility index (Phi) is 10.1. The van der Waals surface area contributed by atoms with E-state index in [0.29, 0.717) is 11.5 Å². The Hall–Kier alpha value is -3.75. The number of hydrogen-bond acceptors (Lipinski definition) is 7. The summed E-state index contributed by atoms with van der Waals surface area (Å²) >= 11 is 0. The Morgan fingerprint density at radius 3 is 2.14 bits per heavy atom. The van der Waals surface area contributed by atoms with Gasteiger partial charge in [0, 0.05) is 0 Å². The molecular formula is C25H30N2O8S. The van der Waals surface area contributed by atoms with Crippen molar-refractivity contribution in [3.8, 4) is 23.3 Å². The highest BCUT2D eigenvalue weighted by Gasteiger charge is 2.27. The fraction of sp³-hybridized carbons (Fsp3) is 0.360. The lowest BCUT2D eigenvalue weighted by Crippen LogP contribution is -2.34. The molecule has 0 radical (unpaired) electrons. The molecule has 10 nitrogen and oxygen atoms in total. The number of alkyl carbamates (subject to hydrolysis) is 1. The quantitative estimate of drug-likeness (QED) is 0.305. The van der Waals surface area contributed by atoms with Gasteiger partial charge < -0.3 is 24.6 Å². The summed E-state index contributed by atoms with van der Waals surface area (Å²) < 4.78 is 43.7. The van der Waals surface area contributed by atoms with Gasteiger partial charge in [0.2, 0.25) is 10.0 Å². The first-order valence-corrected chi connectivity index (χ1v) is 12.5. The van der Waals surface area contributed by atoms with Gasteiger partial charge in [0.1, 0.15) is 36.4 Å². The van der Waals surface area contributed by atoms with E-state index in [9.17, 15) is 23.1 Å². The van der Waals surface area contributed by atoms with Crippen molar-refractivity contribution in [1.29, 1.82) is 0 Å². The van der Waals surface area contributed by atoms with E-state index in [1.807, 2.05) is 0 Å². The zero-order valence-corrected chi connectivity index (χ0v) is 21.3. The molecule has 0 aliphatic heterocycles. The summed E-state index contributed by atoms with van der Waals surface area (Å²) in [7, 11) is -4.14. The zero-order chi connectivity index (χ0) is 26.8. The zero-order valence-electron chi connectivity index (χ0n) is 20.5. The number of carboxylic acids is 1. The average Bonchev–Trinajstić information content (AvgIpc) is 2.80. The van der Waals surface area contributed by atoms with E-state index in [4.69, 9.17) is 14.2 Å². The molecular weight excluding hydrogens is 488 g/mol. The number of benzene rings is 2. The summed E-state index contributed by atoms with van der Waals surface area (Å²) in [6.07, 6.45) is -0.564. The standard InChI is InChI=1S/C25H30N2O8S/c1-5-6-16-33-20-11-13-21(14-12-20)36(31,32)27-22(23(28)29)18-7-9-19(10-8-18)34-17-15-26-24(30)35-25(2,3)4/h7-14,22,27H,15-17H2,1-4H3,(H,26,30)(H,28,29)/t22-/m1/s1. The molecule has 2 rings (SSSR count). The van der Waals surface area contributed by atoms with E-state index in [-0.39, 0.29) is 30.2 Å². The molecule has 0 aliphatic rings. The van der Waals surface area contributed by atoms with Crippen LogP contribution in [-0.4, -0.2) is 50.9 Å². The molecule has 36 heavy (non-hydrogen) atoms. The van der Waals surface area contributed by atoms with Crippen LogP contribution < -0.4 is 19.5 Å². The van der Waals surface area contributed by atoms with E-state index in [1.54, 1.807) is 27.7 Å². The van der Waals surface area contributed by atoms with Crippen molar-refractivity contribution in [3.63, 3.8) is 0 Å². The van der Waals surface area contributed by atoms with E-state index >= 15 is 0 Å².